The van der Waals surface area contributed by atoms with Gasteiger partial charge in [-0.3, -0.25) is 4.79 Å². The predicted octanol–water partition coefficient (Wildman–Crippen LogP) is 2.16. The Morgan fingerprint density at radius 3 is 2.64 bits per heavy atom. The van der Waals surface area contributed by atoms with E-state index in [0.717, 1.165) is 18.4 Å². The van der Waals surface area contributed by atoms with E-state index in [1.54, 1.807) is 24.3 Å². The molecule has 74 valence electrons. The molecule has 0 amide bonds. The van der Waals surface area contributed by atoms with Crippen molar-refractivity contribution in [2.45, 2.75) is 25.4 Å². The Hall–Kier alpha value is -1.51. The molecule has 1 atom stereocenters. The van der Waals surface area contributed by atoms with E-state index in [9.17, 15) is 4.79 Å². The third-order valence-electron chi connectivity index (χ3n) is 2.39. The van der Waals surface area contributed by atoms with Crippen LogP contribution in [0.3, 0.4) is 0 Å². The zero-order valence-electron chi connectivity index (χ0n) is 7.77. The number of hydrogen-bond donors (Lipinski definition) is 1. The van der Waals surface area contributed by atoms with Crippen LogP contribution in [-0.4, -0.2) is 11.1 Å². The average Bonchev–Trinajstić information content (AvgIpc) is 2.19. The lowest BCUT2D eigenvalue weighted by atomic mass is 10.0. The number of phenols is 1. The highest BCUT2D eigenvalue weighted by Crippen LogP contribution is 2.29. The molecule has 0 aliphatic carbocycles. The first-order valence-corrected chi connectivity index (χ1v) is 4.74. The summed E-state index contributed by atoms with van der Waals surface area (Å²) in [4.78, 5) is 11.0. The molecule has 1 aromatic rings. The first-order valence-electron chi connectivity index (χ1n) is 4.74. The van der Waals surface area contributed by atoms with Crippen molar-refractivity contribution in [2.75, 3.05) is 0 Å². The first-order chi connectivity index (χ1) is 6.75. The SMILES string of the molecule is O=C1CCC[C@H](c2ccc(O)cc2)O1. The lowest BCUT2D eigenvalue weighted by Gasteiger charge is -2.22. The van der Waals surface area contributed by atoms with Crippen LogP contribution < -0.4 is 0 Å². The van der Waals surface area contributed by atoms with E-state index in [2.05, 4.69) is 0 Å². The van der Waals surface area contributed by atoms with Gasteiger partial charge in [0.15, 0.2) is 0 Å². The van der Waals surface area contributed by atoms with E-state index in [1.165, 1.54) is 0 Å². The Morgan fingerprint density at radius 2 is 2.00 bits per heavy atom. The van der Waals surface area contributed by atoms with Crippen LogP contribution in [-0.2, 0) is 9.53 Å². The van der Waals surface area contributed by atoms with Gasteiger partial charge in [0.25, 0.3) is 0 Å². The minimum atomic E-state index is -0.130. The monoisotopic (exact) mass is 192 g/mol. The minimum absolute atomic E-state index is 0.128. The summed E-state index contributed by atoms with van der Waals surface area (Å²) in [6.45, 7) is 0. The van der Waals surface area contributed by atoms with Crippen LogP contribution in [0.25, 0.3) is 0 Å². The van der Waals surface area contributed by atoms with Crippen molar-refractivity contribution in [2.24, 2.45) is 0 Å². The maximum atomic E-state index is 11.0. The van der Waals surface area contributed by atoms with Gasteiger partial charge in [-0.05, 0) is 30.5 Å². The summed E-state index contributed by atoms with van der Waals surface area (Å²) in [6.07, 6.45) is 2.15. The second-order valence-electron chi connectivity index (χ2n) is 3.46. The highest BCUT2D eigenvalue weighted by Gasteiger charge is 2.21. The highest BCUT2D eigenvalue weighted by molar-refractivity contribution is 5.70. The molecule has 2 rings (SSSR count). The highest BCUT2D eigenvalue weighted by atomic mass is 16.5. The second-order valence-corrected chi connectivity index (χ2v) is 3.46. The minimum Gasteiger partial charge on any atom is -0.508 e. The maximum Gasteiger partial charge on any atom is 0.306 e. The molecular weight excluding hydrogens is 180 g/mol. The summed E-state index contributed by atoms with van der Waals surface area (Å²) >= 11 is 0. The topological polar surface area (TPSA) is 46.5 Å². The number of benzene rings is 1. The number of carbonyl (C=O) groups is 1. The molecule has 0 aromatic heterocycles. The number of esters is 1. The van der Waals surface area contributed by atoms with Gasteiger partial charge in [-0.2, -0.15) is 0 Å². The van der Waals surface area contributed by atoms with Gasteiger partial charge in [0.2, 0.25) is 0 Å². The molecule has 1 aromatic carbocycles. The van der Waals surface area contributed by atoms with Crippen molar-refractivity contribution in [1.82, 2.24) is 0 Å². The van der Waals surface area contributed by atoms with Crippen molar-refractivity contribution in [3.8, 4) is 5.75 Å². The number of aromatic hydroxyl groups is 1. The van der Waals surface area contributed by atoms with Gasteiger partial charge >= 0.3 is 5.97 Å². The lowest BCUT2D eigenvalue weighted by molar-refractivity contribution is -0.154. The average molecular weight is 192 g/mol. The Kier molecular flexibility index (Phi) is 2.39. The molecular formula is C11H12O3. The molecule has 1 heterocycles. The summed E-state index contributed by atoms with van der Waals surface area (Å²) in [5.74, 6) is 0.102. The van der Waals surface area contributed by atoms with E-state index in [-0.39, 0.29) is 17.8 Å². The van der Waals surface area contributed by atoms with Crippen molar-refractivity contribution < 1.29 is 14.6 Å². The molecule has 1 fully saturated rings. The normalized spacial score (nSPS) is 21.7. The summed E-state index contributed by atoms with van der Waals surface area (Å²) in [5.41, 5.74) is 0.954. The van der Waals surface area contributed by atoms with Gasteiger partial charge in [-0.25, -0.2) is 0 Å². The first kappa shape index (κ1) is 9.06. The number of ether oxygens (including phenoxy) is 1. The van der Waals surface area contributed by atoms with Gasteiger partial charge in [0.1, 0.15) is 11.9 Å². The number of phenolic OH excluding ortho intramolecular Hbond substituents is 1. The Labute approximate surface area is 82.3 Å². The van der Waals surface area contributed by atoms with Crippen molar-refractivity contribution in [3.05, 3.63) is 29.8 Å². The summed E-state index contributed by atoms with van der Waals surface area (Å²) in [6, 6.07) is 6.80. The molecule has 0 spiro atoms. The molecule has 14 heavy (non-hydrogen) atoms. The van der Waals surface area contributed by atoms with Crippen LogP contribution in [0.4, 0.5) is 0 Å². The fourth-order valence-electron chi connectivity index (χ4n) is 1.63. The second kappa shape index (κ2) is 3.70. The van der Waals surface area contributed by atoms with Crippen molar-refractivity contribution >= 4 is 5.97 Å². The Morgan fingerprint density at radius 1 is 1.29 bits per heavy atom. The molecule has 0 bridgehead atoms. The zero-order valence-corrected chi connectivity index (χ0v) is 7.77. The van der Waals surface area contributed by atoms with Crippen LogP contribution in [0.2, 0.25) is 0 Å². The van der Waals surface area contributed by atoms with Crippen molar-refractivity contribution in [3.63, 3.8) is 0 Å². The van der Waals surface area contributed by atoms with Gasteiger partial charge in [-0.15, -0.1) is 0 Å². The van der Waals surface area contributed by atoms with E-state index in [4.69, 9.17) is 9.84 Å². The number of hydrogen-bond acceptors (Lipinski definition) is 3. The third kappa shape index (κ3) is 1.87. The summed E-state index contributed by atoms with van der Waals surface area (Å²) in [7, 11) is 0. The quantitative estimate of drug-likeness (QED) is 0.693. The van der Waals surface area contributed by atoms with Crippen LogP contribution in [0.1, 0.15) is 30.9 Å². The molecule has 1 saturated heterocycles. The van der Waals surface area contributed by atoms with Gasteiger partial charge < -0.3 is 9.84 Å². The number of carbonyl (C=O) groups excluding carboxylic acids is 1. The van der Waals surface area contributed by atoms with E-state index in [0.29, 0.717) is 6.42 Å². The van der Waals surface area contributed by atoms with Crippen LogP contribution in [0, 0.1) is 0 Å². The summed E-state index contributed by atoms with van der Waals surface area (Å²) in [5, 5.41) is 9.10. The van der Waals surface area contributed by atoms with Gasteiger partial charge in [0.05, 0.1) is 0 Å². The Balaban J connectivity index is 2.14. The van der Waals surface area contributed by atoms with E-state index >= 15 is 0 Å². The summed E-state index contributed by atoms with van der Waals surface area (Å²) < 4.78 is 5.19. The molecule has 1 N–H and O–H groups in total. The molecule has 1 aliphatic rings. The number of rotatable bonds is 1. The molecule has 0 saturated carbocycles. The lowest BCUT2D eigenvalue weighted by Crippen LogP contribution is -2.16. The van der Waals surface area contributed by atoms with Crippen LogP contribution >= 0.6 is 0 Å². The van der Waals surface area contributed by atoms with Gasteiger partial charge in [0, 0.05) is 6.42 Å². The maximum absolute atomic E-state index is 11.0. The largest absolute Gasteiger partial charge is 0.508 e. The fourth-order valence-corrected chi connectivity index (χ4v) is 1.63. The smallest absolute Gasteiger partial charge is 0.306 e. The molecule has 3 nitrogen and oxygen atoms in total. The van der Waals surface area contributed by atoms with E-state index in [1.807, 2.05) is 0 Å². The fraction of sp³-hybridized carbons (Fsp3) is 0.364. The predicted molar refractivity (Wildman–Crippen MR) is 50.8 cm³/mol. The molecule has 1 aliphatic heterocycles. The Bertz CT molecular complexity index is 329. The van der Waals surface area contributed by atoms with Crippen LogP contribution in [0.5, 0.6) is 5.75 Å². The molecule has 0 unspecified atom stereocenters. The standard InChI is InChI=1S/C11H12O3/c12-9-6-4-8(5-7-9)10-2-1-3-11(13)14-10/h4-7,10,12H,1-3H2/t10-/m1/s1. The zero-order chi connectivity index (χ0) is 9.97. The number of cyclic esters (lactones) is 1. The van der Waals surface area contributed by atoms with E-state index < -0.39 is 0 Å². The van der Waals surface area contributed by atoms with Gasteiger partial charge in [-0.1, -0.05) is 12.1 Å². The molecule has 3 heteroatoms. The van der Waals surface area contributed by atoms with Crippen molar-refractivity contribution in [1.29, 1.82) is 0 Å². The third-order valence-corrected chi connectivity index (χ3v) is 2.39. The molecule has 0 radical (unpaired) electrons. The van der Waals surface area contributed by atoms with Crippen LogP contribution in [0.15, 0.2) is 24.3 Å².